The van der Waals surface area contributed by atoms with Crippen molar-refractivity contribution in [2.45, 2.75) is 46.2 Å². The van der Waals surface area contributed by atoms with Crippen LogP contribution in [0.5, 0.6) is 0 Å². The van der Waals surface area contributed by atoms with Gasteiger partial charge in [-0.05, 0) is 37.0 Å². The molecule has 2 aromatic carbocycles. The van der Waals surface area contributed by atoms with Gasteiger partial charge in [0, 0.05) is 18.3 Å². The predicted molar refractivity (Wildman–Crippen MR) is 111 cm³/mol. The molecular weight excluding hydrogens is 334 g/mol. The Hall–Kier alpha value is -2.95. The standard InChI is InChI=1S/C22H27N5/c1-16(2)19-12-8-9-13-20(19)24-21-14-23-26-22(25-21)27(17(3)4)15-18-10-6-5-7-11-18/h5-14,16-17H,15H2,1-4H3,(H,24,25,26). The van der Waals surface area contributed by atoms with Crippen LogP contribution >= 0.6 is 0 Å². The highest BCUT2D eigenvalue weighted by molar-refractivity contribution is 5.61. The molecule has 3 rings (SSSR count). The molecular formula is C22H27N5. The molecule has 0 atom stereocenters. The van der Waals surface area contributed by atoms with E-state index in [9.17, 15) is 0 Å². The van der Waals surface area contributed by atoms with Crippen molar-refractivity contribution in [3.05, 3.63) is 71.9 Å². The van der Waals surface area contributed by atoms with Crippen LogP contribution in [0.4, 0.5) is 17.5 Å². The number of anilines is 3. The van der Waals surface area contributed by atoms with Crippen LogP contribution in [0, 0.1) is 0 Å². The fourth-order valence-corrected chi connectivity index (χ4v) is 2.99. The molecule has 0 saturated heterocycles. The summed E-state index contributed by atoms with van der Waals surface area (Å²) in [7, 11) is 0. The smallest absolute Gasteiger partial charge is 0.247 e. The first-order valence-electron chi connectivity index (χ1n) is 9.41. The molecule has 1 N–H and O–H groups in total. The largest absolute Gasteiger partial charge is 0.339 e. The molecule has 27 heavy (non-hydrogen) atoms. The van der Waals surface area contributed by atoms with E-state index in [0.717, 1.165) is 12.2 Å². The van der Waals surface area contributed by atoms with Crippen molar-refractivity contribution in [3.63, 3.8) is 0 Å². The maximum absolute atomic E-state index is 4.73. The number of rotatable bonds is 7. The zero-order chi connectivity index (χ0) is 19.2. The van der Waals surface area contributed by atoms with Crippen LogP contribution in [0.1, 0.15) is 44.7 Å². The summed E-state index contributed by atoms with van der Waals surface area (Å²) < 4.78 is 0. The van der Waals surface area contributed by atoms with Crippen molar-refractivity contribution in [1.29, 1.82) is 0 Å². The van der Waals surface area contributed by atoms with Crippen LogP contribution in [0.2, 0.25) is 0 Å². The van der Waals surface area contributed by atoms with Gasteiger partial charge in [0.15, 0.2) is 5.82 Å². The van der Waals surface area contributed by atoms with Gasteiger partial charge in [-0.3, -0.25) is 0 Å². The Morgan fingerprint density at radius 3 is 2.33 bits per heavy atom. The van der Waals surface area contributed by atoms with Gasteiger partial charge in [-0.2, -0.15) is 10.1 Å². The van der Waals surface area contributed by atoms with Gasteiger partial charge in [0.25, 0.3) is 0 Å². The Bertz CT molecular complexity index is 861. The Labute approximate surface area is 161 Å². The molecule has 1 aromatic heterocycles. The average Bonchev–Trinajstić information content (AvgIpc) is 2.67. The number of para-hydroxylation sites is 1. The fraction of sp³-hybridized carbons (Fsp3) is 0.318. The normalized spacial score (nSPS) is 11.0. The summed E-state index contributed by atoms with van der Waals surface area (Å²) >= 11 is 0. The highest BCUT2D eigenvalue weighted by Gasteiger charge is 2.16. The van der Waals surface area contributed by atoms with Gasteiger partial charge in [-0.1, -0.05) is 62.4 Å². The highest BCUT2D eigenvalue weighted by atomic mass is 15.3. The molecule has 140 valence electrons. The highest BCUT2D eigenvalue weighted by Crippen LogP contribution is 2.26. The predicted octanol–water partition coefficient (Wildman–Crippen LogP) is 5.15. The van der Waals surface area contributed by atoms with Gasteiger partial charge in [0.2, 0.25) is 5.95 Å². The second kappa shape index (κ2) is 8.62. The Kier molecular flexibility index (Phi) is 6.01. The second-order valence-corrected chi connectivity index (χ2v) is 7.22. The van der Waals surface area contributed by atoms with Crippen LogP contribution in [0.3, 0.4) is 0 Å². The number of hydrogen-bond acceptors (Lipinski definition) is 5. The Morgan fingerprint density at radius 2 is 1.63 bits per heavy atom. The van der Waals surface area contributed by atoms with Crippen LogP contribution < -0.4 is 10.2 Å². The molecule has 0 bridgehead atoms. The van der Waals surface area contributed by atoms with E-state index in [0.29, 0.717) is 17.7 Å². The van der Waals surface area contributed by atoms with E-state index in [2.05, 4.69) is 78.4 Å². The molecule has 1 heterocycles. The van der Waals surface area contributed by atoms with Gasteiger partial charge in [0.1, 0.15) is 0 Å². The van der Waals surface area contributed by atoms with E-state index >= 15 is 0 Å². The van der Waals surface area contributed by atoms with Crippen LogP contribution in [0.15, 0.2) is 60.8 Å². The minimum Gasteiger partial charge on any atom is -0.339 e. The number of aromatic nitrogens is 3. The third-order valence-corrected chi connectivity index (χ3v) is 4.47. The molecule has 0 aliphatic rings. The van der Waals surface area contributed by atoms with E-state index in [1.165, 1.54) is 11.1 Å². The maximum Gasteiger partial charge on any atom is 0.247 e. The number of hydrogen-bond donors (Lipinski definition) is 1. The van der Waals surface area contributed by atoms with Crippen molar-refractivity contribution in [2.24, 2.45) is 0 Å². The molecule has 5 nitrogen and oxygen atoms in total. The molecule has 0 radical (unpaired) electrons. The first-order valence-corrected chi connectivity index (χ1v) is 9.41. The molecule has 0 saturated carbocycles. The zero-order valence-electron chi connectivity index (χ0n) is 16.4. The molecule has 3 aromatic rings. The van der Waals surface area contributed by atoms with Crippen molar-refractivity contribution in [3.8, 4) is 0 Å². The minimum absolute atomic E-state index is 0.255. The summed E-state index contributed by atoms with van der Waals surface area (Å²) in [5.41, 5.74) is 3.53. The molecule has 0 aliphatic carbocycles. The number of nitrogens with zero attached hydrogens (tertiary/aromatic N) is 4. The topological polar surface area (TPSA) is 53.9 Å². The molecule has 0 spiro atoms. The summed E-state index contributed by atoms with van der Waals surface area (Å²) in [6.45, 7) is 9.39. The first kappa shape index (κ1) is 18.8. The zero-order valence-corrected chi connectivity index (χ0v) is 16.4. The summed E-state index contributed by atoms with van der Waals surface area (Å²) in [4.78, 5) is 6.88. The van der Waals surface area contributed by atoms with Gasteiger partial charge in [0.05, 0.1) is 6.20 Å². The summed E-state index contributed by atoms with van der Waals surface area (Å²) in [5.74, 6) is 1.75. The lowest BCUT2D eigenvalue weighted by molar-refractivity contribution is 0.653. The molecule has 0 amide bonds. The first-order chi connectivity index (χ1) is 13.0. The third-order valence-electron chi connectivity index (χ3n) is 4.47. The lowest BCUT2D eigenvalue weighted by atomic mass is 10.0. The molecule has 0 fully saturated rings. The van der Waals surface area contributed by atoms with Gasteiger partial charge in [-0.25, -0.2) is 0 Å². The molecule has 0 unspecified atom stereocenters. The van der Waals surface area contributed by atoms with Crippen LogP contribution in [-0.4, -0.2) is 21.2 Å². The van der Waals surface area contributed by atoms with Crippen molar-refractivity contribution >= 4 is 17.5 Å². The monoisotopic (exact) mass is 361 g/mol. The lowest BCUT2D eigenvalue weighted by Gasteiger charge is -2.26. The Balaban J connectivity index is 1.85. The molecule has 0 aliphatic heterocycles. The average molecular weight is 361 g/mol. The van der Waals surface area contributed by atoms with E-state index in [4.69, 9.17) is 4.98 Å². The minimum atomic E-state index is 0.255. The van der Waals surface area contributed by atoms with Gasteiger partial charge < -0.3 is 10.2 Å². The SMILES string of the molecule is CC(C)c1ccccc1Nc1cnnc(N(Cc2ccccc2)C(C)C)n1. The van der Waals surface area contributed by atoms with E-state index in [-0.39, 0.29) is 6.04 Å². The number of nitrogens with one attached hydrogen (secondary N) is 1. The van der Waals surface area contributed by atoms with Gasteiger partial charge >= 0.3 is 0 Å². The van der Waals surface area contributed by atoms with E-state index in [1.807, 2.05) is 24.3 Å². The summed E-state index contributed by atoms with van der Waals surface area (Å²) in [5, 5.41) is 11.9. The quantitative estimate of drug-likeness (QED) is 0.630. The van der Waals surface area contributed by atoms with Gasteiger partial charge in [-0.15, -0.1) is 5.10 Å². The lowest BCUT2D eigenvalue weighted by Crippen LogP contribution is -2.32. The maximum atomic E-state index is 4.73. The third kappa shape index (κ3) is 4.82. The second-order valence-electron chi connectivity index (χ2n) is 7.22. The van der Waals surface area contributed by atoms with Crippen molar-refractivity contribution in [1.82, 2.24) is 15.2 Å². The van der Waals surface area contributed by atoms with Crippen LogP contribution in [-0.2, 0) is 6.54 Å². The van der Waals surface area contributed by atoms with E-state index < -0.39 is 0 Å². The van der Waals surface area contributed by atoms with Crippen molar-refractivity contribution < 1.29 is 0 Å². The van der Waals surface area contributed by atoms with E-state index in [1.54, 1.807) is 6.20 Å². The van der Waals surface area contributed by atoms with Crippen molar-refractivity contribution in [2.75, 3.05) is 10.2 Å². The molecule has 5 heteroatoms. The number of benzene rings is 2. The van der Waals surface area contributed by atoms with Crippen LogP contribution in [0.25, 0.3) is 0 Å². The fourth-order valence-electron chi connectivity index (χ4n) is 2.99. The summed E-state index contributed by atoms with van der Waals surface area (Å²) in [6, 6.07) is 18.9. The summed E-state index contributed by atoms with van der Waals surface area (Å²) in [6.07, 6.45) is 1.67. The Morgan fingerprint density at radius 1 is 0.926 bits per heavy atom.